The largest absolute Gasteiger partial charge is 0.434 e. The first-order chi connectivity index (χ1) is 18.6. The quantitative estimate of drug-likeness (QED) is 0.386. The molecule has 0 radical (unpaired) electrons. The molecule has 3 fully saturated rings. The highest BCUT2D eigenvalue weighted by atomic mass is 19.3. The molecular weight excluding hydrogens is 496 g/mol. The van der Waals surface area contributed by atoms with E-state index in [4.69, 9.17) is 19.1 Å². The summed E-state index contributed by atoms with van der Waals surface area (Å²) in [5, 5.41) is 11.3. The highest BCUT2D eigenvalue weighted by Gasteiger charge is 2.42. The van der Waals surface area contributed by atoms with Crippen LogP contribution in [-0.4, -0.2) is 54.4 Å². The Labute approximate surface area is 219 Å². The maximum Gasteiger partial charge on any atom is 0.387 e. The Balaban J connectivity index is 0.00000144. The second-order valence-electron chi connectivity index (χ2n) is 9.92. The van der Waals surface area contributed by atoms with Crippen molar-refractivity contribution in [1.82, 2.24) is 10.1 Å². The number of nitrogens with zero attached hydrogens (tertiary/aromatic N) is 3. The van der Waals surface area contributed by atoms with Gasteiger partial charge >= 0.3 is 6.61 Å². The van der Waals surface area contributed by atoms with E-state index in [1.807, 2.05) is 6.07 Å². The fourth-order valence-corrected chi connectivity index (χ4v) is 5.62. The van der Waals surface area contributed by atoms with Crippen LogP contribution in [0.2, 0.25) is 0 Å². The number of aliphatic hydroxyl groups excluding tert-OH is 1. The van der Waals surface area contributed by atoms with Gasteiger partial charge in [0.25, 0.3) is 0 Å². The summed E-state index contributed by atoms with van der Waals surface area (Å²) >= 11 is 0. The van der Waals surface area contributed by atoms with Crippen LogP contribution in [0.3, 0.4) is 0 Å². The Morgan fingerprint density at radius 1 is 1.13 bits per heavy atom. The SMILES string of the molecule is CO.O=Cc1ccc(N2CC3CC(OCc4c(-c5ccccc5OC(F)F)noc4C4CC4)C[C@H]3C2)nc1. The molecule has 3 atom stereocenters. The predicted octanol–water partition coefficient (Wildman–Crippen LogP) is 5.07. The van der Waals surface area contributed by atoms with Gasteiger partial charge in [-0.1, -0.05) is 17.3 Å². The summed E-state index contributed by atoms with van der Waals surface area (Å²) < 4.78 is 42.8. The minimum absolute atomic E-state index is 0.0784. The van der Waals surface area contributed by atoms with E-state index in [9.17, 15) is 13.6 Å². The van der Waals surface area contributed by atoms with Crippen molar-refractivity contribution >= 4 is 12.1 Å². The van der Waals surface area contributed by atoms with Crippen LogP contribution in [0.25, 0.3) is 11.3 Å². The molecule has 6 rings (SSSR count). The summed E-state index contributed by atoms with van der Waals surface area (Å²) in [5.41, 5.74) is 2.41. The molecule has 202 valence electrons. The van der Waals surface area contributed by atoms with Gasteiger partial charge in [-0.15, -0.1) is 0 Å². The highest BCUT2D eigenvalue weighted by Crippen LogP contribution is 2.46. The summed E-state index contributed by atoms with van der Waals surface area (Å²) in [7, 11) is 1.00. The molecule has 10 heteroatoms. The number of anilines is 1. The summed E-state index contributed by atoms with van der Waals surface area (Å²) in [4.78, 5) is 17.6. The van der Waals surface area contributed by atoms with Crippen LogP contribution in [0.1, 0.15) is 53.3 Å². The zero-order valence-electron chi connectivity index (χ0n) is 21.1. The normalized spacial score (nSPS) is 22.2. The van der Waals surface area contributed by atoms with Crippen molar-refractivity contribution in [3.05, 3.63) is 59.5 Å². The molecule has 1 saturated heterocycles. The first-order valence-electron chi connectivity index (χ1n) is 12.8. The second kappa shape index (κ2) is 11.6. The van der Waals surface area contributed by atoms with E-state index in [0.29, 0.717) is 41.2 Å². The molecule has 3 aliphatic rings. The van der Waals surface area contributed by atoms with Crippen LogP contribution in [0.15, 0.2) is 47.1 Å². The van der Waals surface area contributed by atoms with Gasteiger partial charge in [-0.3, -0.25) is 4.79 Å². The zero-order valence-corrected chi connectivity index (χ0v) is 21.1. The number of para-hydroxylation sites is 1. The molecule has 0 bridgehead atoms. The summed E-state index contributed by atoms with van der Waals surface area (Å²) in [5.74, 6) is 3.13. The number of aliphatic hydroxyl groups is 1. The standard InChI is InChI=1S/C27H27F2N3O4.CH4O/c28-27(29)35-23-4-2-1-3-21(23)25-22(26(36-31-25)17-6-7-17)15-34-20-9-18-12-32(13-19(18)10-20)24-8-5-16(14-33)11-30-24;1-2/h1-5,8,11,14,17-20,27H,6-7,9-10,12-13,15H2;2H,1H3/t18-,19?,20?;/m0./s1. The number of ether oxygens (including phenoxy) is 2. The minimum atomic E-state index is -2.92. The van der Waals surface area contributed by atoms with Crippen LogP contribution < -0.4 is 9.64 Å². The van der Waals surface area contributed by atoms with E-state index in [0.717, 1.165) is 69.3 Å². The van der Waals surface area contributed by atoms with Gasteiger partial charge in [-0.2, -0.15) is 8.78 Å². The van der Waals surface area contributed by atoms with Crippen molar-refractivity contribution < 1.29 is 32.7 Å². The second-order valence-corrected chi connectivity index (χ2v) is 9.92. The van der Waals surface area contributed by atoms with E-state index < -0.39 is 6.61 Å². The molecule has 1 aromatic carbocycles. The lowest BCUT2D eigenvalue weighted by Crippen LogP contribution is -2.24. The zero-order chi connectivity index (χ0) is 26.6. The number of carbonyl (C=O) groups is 1. The monoisotopic (exact) mass is 527 g/mol. The van der Waals surface area contributed by atoms with E-state index in [1.54, 1.807) is 30.5 Å². The Morgan fingerprint density at radius 2 is 1.87 bits per heavy atom. The van der Waals surface area contributed by atoms with Crippen LogP contribution >= 0.6 is 0 Å². The highest BCUT2D eigenvalue weighted by molar-refractivity contribution is 5.74. The number of fused-ring (bicyclic) bond motifs is 1. The first-order valence-corrected chi connectivity index (χ1v) is 12.8. The van der Waals surface area contributed by atoms with Gasteiger partial charge in [0.05, 0.1) is 12.7 Å². The molecule has 0 spiro atoms. The number of rotatable bonds is 9. The maximum absolute atomic E-state index is 13.0. The van der Waals surface area contributed by atoms with Crippen molar-refractivity contribution in [2.24, 2.45) is 11.8 Å². The van der Waals surface area contributed by atoms with Crippen LogP contribution in [0, 0.1) is 11.8 Å². The van der Waals surface area contributed by atoms with E-state index in [1.165, 1.54) is 6.07 Å². The fourth-order valence-electron chi connectivity index (χ4n) is 5.62. The van der Waals surface area contributed by atoms with Gasteiger partial charge < -0.3 is 24.0 Å². The van der Waals surface area contributed by atoms with Gasteiger partial charge in [0.1, 0.15) is 23.0 Å². The lowest BCUT2D eigenvalue weighted by Gasteiger charge is -2.20. The number of benzene rings is 1. The van der Waals surface area contributed by atoms with Crippen LogP contribution in [0.4, 0.5) is 14.6 Å². The molecule has 38 heavy (non-hydrogen) atoms. The smallest absolute Gasteiger partial charge is 0.387 e. The number of hydrogen-bond acceptors (Lipinski definition) is 8. The number of carbonyl (C=O) groups excluding carboxylic acids is 1. The fraction of sp³-hybridized carbons (Fsp3) is 0.464. The minimum Gasteiger partial charge on any atom is -0.434 e. The third-order valence-electron chi connectivity index (χ3n) is 7.53. The van der Waals surface area contributed by atoms with Gasteiger partial charge in [-0.05, 0) is 61.8 Å². The van der Waals surface area contributed by atoms with Crippen molar-refractivity contribution in [2.75, 3.05) is 25.1 Å². The van der Waals surface area contributed by atoms with Crippen molar-refractivity contribution in [1.29, 1.82) is 0 Å². The summed E-state index contributed by atoms with van der Waals surface area (Å²) in [6.45, 7) is -0.753. The molecular formula is C28H31F2N3O5. The Kier molecular flexibility index (Phi) is 7.99. The topological polar surface area (TPSA) is 97.9 Å². The predicted molar refractivity (Wildman–Crippen MR) is 135 cm³/mol. The Hall–Kier alpha value is -3.37. The molecule has 1 aliphatic heterocycles. The van der Waals surface area contributed by atoms with Crippen molar-refractivity contribution in [3.8, 4) is 17.0 Å². The number of pyridine rings is 1. The van der Waals surface area contributed by atoms with Gasteiger partial charge in [0.15, 0.2) is 6.29 Å². The van der Waals surface area contributed by atoms with Crippen LogP contribution in [-0.2, 0) is 11.3 Å². The number of hydrogen-bond donors (Lipinski definition) is 1. The molecule has 1 N–H and O–H groups in total. The van der Waals surface area contributed by atoms with Gasteiger partial charge in [-0.25, -0.2) is 4.98 Å². The average Bonchev–Trinajstić information content (AvgIpc) is 3.40. The van der Waals surface area contributed by atoms with Crippen molar-refractivity contribution in [2.45, 2.75) is 50.9 Å². The molecule has 3 aromatic rings. The Bertz CT molecular complexity index is 1220. The number of aromatic nitrogens is 2. The molecule has 8 nitrogen and oxygen atoms in total. The number of halogens is 2. The van der Waals surface area contributed by atoms with E-state index in [-0.39, 0.29) is 11.9 Å². The molecule has 0 amide bonds. The van der Waals surface area contributed by atoms with Crippen LogP contribution in [0.5, 0.6) is 5.75 Å². The summed E-state index contributed by atoms with van der Waals surface area (Å²) in [6, 6.07) is 10.4. The van der Waals surface area contributed by atoms with E-state index in [2.05, 4.69) is 15.0 Å². The first kappa shape index (κ1) is 26.2. The molecule has 2 aromatic heterocycles. The summed E-state index contributed by atoms with van der Waals surface area (Å²) in [6.07, 6.45) is 6.51. The van der Waals surface area contributed by atoms with Gasteiger partial charge in [0.2, 0.25) is 0 Å². The van der Waals surface area contributed by atoms with E-state index >= 15 is 0 Å². The molecule has 2 saturated carbocycles. The molecule has 3 heterocycles. The molecule has 2 unspecified atom stereocenters. The average molecular weight is 528 g/mol. The number of alkyl halides is 2. The van der Waals surface area contributed by atoms with Gasteiger partial charge in [0, 0.05) is 49.0 Å². The third kappa shape index (κ3) is 5.56. The number of aldehydes is 1. The molecule has 2 aliphatic carbocycles. The Morgan fingerprint density at radius 3 is 2.50 bits per heavy atom. The maximum atomic E-state index is 13.0. The lowest BCUT2D eigenvalue weighted by molar-refractivity contribution is -0.0494. The third-order valence-corrected chi connectivity index (χ3v) is 7.53. The van der Waals surface area contributed by atoms with Crippen molar-refractivity contribution in [3.63, 3.8) is 0 Å². The lowest BCUT2D eigenvalue weighted by atomic mass is 10.0.